The summed E-state index contributed by atoms with van der Waals surface area (Å²) in [6.45, 7) is 4.58. The SMILES string of the molecule is COC(=O)c1cc(OC)c(OCCN2CCOCC2)c(OC)c1. The highest BCUT2D eigenvalue weighted by molar-refractivity contribution is 5.91. The van der Waals surface area contributed by atoms with Crippen LogP contribution < -0.4 is 14.2 Å². The summed E-state index contributed by atoms with van der Waals surface area (Å²) in [6.07, 6.45) is 0. The van der Waals surface area contributed by atoms with Crippen LogP contribution in [0.2, 0.25) is 0 Å². The van der Waals surface area contributed by atoms with Crippen molar-refractivity contribution in [3.63, 3.8) is 0 Å². The summed E-state index contributed by atoms with van der Waals surface area (Å²) in [7, 11) is 4.36. The van der Waals surface area contributed by atoms with Gasteiger partial charge in [-0.1, -0.05) is 0 Å². The normalized spacial score (nSPS) is 15.1. The highest BCUT2D eigenvalue weighted by Crippen LogP contribution is 2.38. The van der Waals surface area contributed by atoms with Crippen molar-refractivity contribution in [1.29, 1.82) is 0 Å². The molecule has 0 amide bonds. The number of hydrogen-bond donors (Lipinski definition) is 0. The van der Waals surface area contributed by atoms with Crippen LogP contribution in [0.25, 0.3) is 0 Å². The van der Waals surface area contributed by atoms with Gasteiger partial charge in [0.25, 0.3) is 0 Å². The van der Waals surface area contributed by atoms with E-state index < -0.39 is 5.97 Å². The van der Waals surface area contributed by atoms with Gasteiger partial charge in [-0.25, -0.2) is 4.79 Å². The average Bonchev–Trinajstić information content (AvgIpc) is 2.61. The van der Waals surface area contributed by atoms with Crippen LogP contribution in [0.4, 0.5) is 0 Å². The van der Waals surface area contributed by atoms with Crippen LogP contribution in [0.15, 0.2) is 12.1 Å². The topological polar surface area (TPSA) is 66.5 Å². The Kier molecular flexibility index (Phi) is 6.49. The summed E-state index contributed by atoms with van der Waals surface area (Å²) in [5.74, 6) is 0.899. The molecule has 128 valence electrons. The summed E-state index contributed by atoms with van der Waals surface area (Å²) in [4.78, 5) is 14.0. The summed E-state index contributed by atoms with van der Waals surface area (Å²) in [6, 6.07) is 3.16. The van der Waals surface area contributed by atoms with Crippen LogP contribution in [0.1, 0.15) is 10.4 Å². The standard InChI is InChI=1S/C16H23NO6/c1-19-13-10-12(16(18)21-3)11-14(20-2)15(13)23-9-6-17-4-7-22-8-5-17/h10-11H,4-9H2,1-3H3. The minimum absolute atomic E-state index is 0.349. The quantitative estimate of drug-likeness (QED) is 0.698. The molecule has 23 heavy (non-hydrogen) atoms. The van der Waals surface area contributed by atoms with Gasteiger partial charge in [-0.3, -0.25) is 4.90 Å². The zero-order valence-electron chi connectivity index (χ0n) is 13.8. The van der Waals surface area contributed by atoms with E-state index in [9.17, 15) is 4.79 Å². The molecule has 0 N–H and O–H groups in total. The number of methoxy groups -OCH3 is 3. The van der Waals surface area contributed by atoms with Gasteiger partial charge in [-0.05, 0) is 12.1 Å². The smallest absolute Gasteiger partial charge is 0.338 e. The van der Waals surface area contributed by atoms with Gasteiger partial charge in [0.05, 0.1) is 40.1 Å². The van der Waals surface area contributed by atoms with Crippen LogP contribution in [0.3, 0.4) is 0 Å². The number of carbonyl (C=O) groups is 1. The molecule has 1 aromatic rings. The van der Waals surface area contributed by atoms with E-state index in [4.69, 9.17) is 23.7 Å². The molecule has 7 nitrogen and oxygen atoms in total. The average molecular weight is 325 g/mol. The Morgan fingerprint density at radius 1 is 1.13 bits per heavy atom. The third-order valence-electron chi connectivity index (χ3n) is 3.64. The first-order valence-electron chi connectivity index (χ1n) is 7.46. The van der Waals surface area contributed by atoms with Gasteiger partial charge in [-0.2, -0.15) is 0 Å². The molecule has 0 radical (unpaired) electrons. The molecule has 2 rings (SSSR count). The fraction of sp³-hybridized carbons (Fsp3) is 0.562. The lowest BCUT2D eigenvalue weighted by Gasteiger charge is -2.26. The van der Waals surface area contributed by atoms with Crippen LogP contribution in [-0.4, -0.2) is 71.7 Å². The van der Waals surface area contributed by atoms with E-state index in [1.54, 1.807) is 12.1 Å². The zero-order chi connectivity index (χ0) is 16.7. The van der Waals surface area contributed by atoms with E-state index in [1.165, 1.54) is 21.3 Å². The number of carbonyl (C=O) groups excluding carboxylic acids is 1. The molecule has 0 saturated carbocycles. The first-order valence-corrected chi connectivity index (χ1v) is 7.46. The largest absolute Gasteiger partial charge is 0.493 e. The van der Waals surface area contributed by atoms with Crippen molar-refractivity contribution in [2.45, 2.75) is 0 Å². The number of ether oxygens (including phenoxy) is 5. The Labute approximate surface area is 136 Å². The van der Waals surface area contributed by atoms with Crippen LogP contribution in [0.5, 0.6) is 17.2 Å². The lowest BCUT2D eigenvalue weighted by Crippen LogP contribution is -2.38. The van der Waals surface area contributed by atoms with Gasteiger partial charge in [0.1, 0.15) is 6.61 Å². The number of hydrogen-bond acceptors (Lipinski definition) is 7. The van der Waals surface area contributed by atoms with Crippen molar-refractivity contribution in [2.75, 3.05) is 60.8 Å². The maximum Gasteiger partial charge on any atom is 0.338 e. The first kappa shape index (κ1) is 17.4. The van der Waals surface area contributed by atoms with Crippen molar-refractivity contribution < 1.29 is 28.5 Å². The van der Waals surface area contributed by atoms with Gasteiger partial charge in [0.15, 0.2) is 11.5 Å². The Balaban J connectivity index is 2.08. The van der Waals surface area contributed by atoms with Gasteiger partial charge in [0, 0.05) is 19.6 Å². The van der Waals surface area contributed by atoms with E-state index in [2.05, 4.69) is 4.90 Å². The third-order valence-corrected chi connectivity index (χ3v) is 3.64. The van der Waals surface area contributed by atoms with Crippen LogP contribution >= 0.6 is 0 Å². The first-order chi connectivity index (χ1) is 11.2. The second kappa shape index (κ2) is 8.59. The second-order valence-corrected chi connectivity index (χ2v) is 5.00. The molecule has 1 fully saturated rings. The molecule has 0 atom stereocenters. The number of benzene rings is 1. The molecule has 0 aliphatic carbocycles. The van der Waals surface area contributed by atoms with Crippen molar-refractivity contribution in [3.05, 3.63) is 17.7 Å². The number of rotatable bonds is 7. The predicted octanol–water partition coefficient (Wildman–Crippen LogP) is 1.20. The van der Waals surface area contributed by atoms with E-state index in [1.807, 2.05) is 0 Å². The zero-order valence-corrected chi connectivity index (χ0v) is 13.8. The van der Waals surface area contributed by atoms with Crippen molar-refractivity contribution in [3.8, 4) is 17.2 Å². The lowest BCUT2D eigenvalue weighted by molar-refractivity contribution is 0.0319. The molecular weight excluding hydrogens is 302 g/mol. The second-order valence-electron chi connectivity index (χ2n) is 5.00. The Morgan fingerprint density at radius 2 is 1.74 bits per heavy atom. The van der Waals surface area contributed by atoms with Crippen molar-refractivity contribution in [1.82, 2.24) is 4.90 Å². The number of morpholine rings is 1. The molecule has 7 heteroatoms. The van der Waals surface area contributed by atoms with Gasteiger partial charge in [-0.15, -0.1) is 0 Å². The summed E-state index contributed by atoms with van der Waals surface area (Å²) >= 11 is 0. The fourth-order valence-electron chi connectivity index (χ4n) is 2.36. The summed E-state index contributed by atoms with van der Waals surface area (Å²) < 4.78 is 26.5. The molecule has 1 saturated heterocycles. The summed E-state index contributed by atoms with van der Waals surface area (Å²) in [5, 5.41) is 0. The fourth-order valence-corrected chi connectivity index (χ4v) is 2.36. The molecule has 1 aliphatic rings. The van der Waals surface area contributed by atoms with Crippen LogP contribution in [0, 0.1) is 0 Å². The predicted molar refractivity (Wildman–Crippen MR) is 83.6 cm³/mol. The molecule has 0 unspecified atom stereocenters. The molecule has 0 bridgehead atoms. The van der Waals surface area contributed by atoms with E-state index in [-0.39, 0.29) is 0 Å². The van der Waals surface area contributed by atoms with Gasteiger partial charge in [0.2, 0.25) is 5.75 Å². The van der Waals surface area contributed by atoms with E-state index >= 15 is 0 Å². The minimum atomic E-state index is -0.457. The Hall–Kier alpha value is -1.99. The van der Waals surface area contributed by atoms with E-state index in [0.29, 0.717) is 29.4 Å². The summed E-state index contributed by atoms with van der Waals surface area (Å²) in [5.41, 5.74) is 0.349. The van der Waals surface area contributed by atoms with Gasteiger partial charge < -0.3 is 23.7 Å². The Bertz CT molecular complexity index is 502. The maximum absolute atomic E-state index is 11.7. The molecular formula is C16H23NO6. The molecule has 1 aliphatic heterocycles. The molecule has 0 aromatic heterocycles. The number of esters is 1. The van der Waals surface area contributed by atoms with Crippen molar-refractivity contribution in [2.24, 2.45) is 0 Å². The molecule has 1 aromatic carbocycles. The molecule has 1 heterocycles. The Morgan fingerprint density at radius 3 is 2.26 bits per heavy atom. The molecule has 0 spiro atoms. The minimum Gasteiger partial charge on any atom is -0.493 e. The van der Waals surface area contributed by atoms with Crippen LogP contribution in [-0.2, 0) is 9.47 Å². The van der Waals surface area contributed by atoms with Crippen molar-refractivity contribution >= 4 is 5.97 Å². The third kappa shape index (κ3) is 4.49. The van der Waals surface area contributed by atoms with E-state index in [0.717, 1.165) is 32.8 Å². The highest BCUT2D eigenvalue weighted by atomic mass is 16.5. The highest BCUT2D eigenvalue weighted by Gasteiger charge is 2.18. The maximum atomic E-state index is 11.7. The number of nitrogens with zero attached hydrogens (tertiary/aromatic N) is 1. The van der Waals surface area contributed by atoms with Gasteiger partial charge >= 0.3 is 5.97 Å². The lowest BCUT2D eigenvalue weighted by atomic mass is 10.2. The monoisotopic (exact) mass is 325 g/mol.